The molecular weight excluding hydrogens is 448 g/mol. The van der Waals surface area contributed by atoms with Crippen molar-refractivity contribution in [2.24, 2.45) is 5.10 Å². The largest absolute Gasteiger partial charge is 0.493 e. The summed E-state index contributed by atoms with van der Waals surface area (Å²) in [5, 5.41) is 21.5. The molecule has 1 aliphatic rings. The number of allylic oxidation sites excluding steroid dienone is 4. The van der Waals surface area contributed by atoms with Crippen molar-refractivity contribution in [1.82, 2.24) is 9.78 Å². The first-order valence-electron chi connectivity index (χ1n) is 11.6. The number of benzene rings is 3. The van der Waals surface area contributed by atoms with E-state index in [1.807, 2.05) is 116 Å². The average molecular weight is 473 g/mol. The van der Waals surface area contributed by atoms with Crippen molar-refractivity contribution in [3.8, 4) is 22.8 Å². The summed E-state index contributed by atoms with van der Waals surface area (Å²) < 4.78 is 1.53. The summed E-state index contributed by atoms with van der Waals surface area (Å²) in [7, 11) is 0. The summed E-state index contributed by atoms with van der Waals surface area (Å²) >= 11 is 0. The standard InChI is InChI=1S/C30H24N4O2/c1-22-26(29(35)33(31-22)24-16-8-3-9-17-24)20-12-5-13-21-27-28(23-14-6-2-7-15-23)32-34(30(27)36)25-18-10-4-11-19-25/h2-21,36H,1H3/b12-5?,21-13?,26-20-. The number of amides is 1. The van der Waals surface area contributed by atoms with E-state index in [-0.39, 0.29) is 11.8 Å². The fraction of sp³-hybridized carbons (Fsp3) is 0.0333. The SMILES string of the molecule is CC1=NN(c2ccccc2)C(=O)/C1=C\C=CC=Cc1c(-c2ccccc2)nn(-c2ccccc2)c1O. The first-order valence-corrected chi connectivity index (χ1v) is 11.6. The first kappa shape index (κ1) is 22.8. The van der Waals surface area contributed by atoms with Crippen LogP contribution < -0.4 is 5.01 Å². The highest BCUT2D eigenvalue weighted by molar-refractivity contribution is 6.29. The van der Waals surface area contributed by atoms with Crippen LogP contribution in [0.3, 0.4) is 0 Å². The van der Waals surface area contributed by atoms with E-state index in [4.69, 9.17) is 0 Å². The summed E-state index contributed by atoms with van der Waals surface area (Å²) in [6.07, 6.45) is 8.98. The molecule has 0 bridgehead atoms. The number of anilines is 1. The number of hydrogen-bond donors (Lipinski definition) is 1. The Bertz CT molecular complexity index is 1500. The Labute approximate surface area is 209 Å². The number of aromatic nitrogens is 2. The van der Waals surface area contributed by atoms with E-state index in [0.717, 1.165) is 16.9 Å². The Hall–Kier alpha value is -4.97. The van der Waals surface area contributed by atoms with Crippen molar-refractivity contribution in [3.05, 3.63) is 126 Å². The smallest absolute Gasteiger partial charge is 0.280 e. The molecule has 2 heterocycles. The maximum atomic E-state index is 12.8. The van der Waals surface area contributed by atoms with Gasteiger partial charge in [-0.25, -0.2) is 4.68 Å². The molecule has 0 atom stereocenters. The second kappa shape index (κ2) is 10.1. The molecule has 4 aromatic rings. The number of rotatable bonds is 6. The molecule has 1 aliphatic heterocycles. The molecule has 0 aliphatic carbocycles. The van der Waals surface area contributed by atoms with Gasteiger partial charge in [0.05, 0.1) is 28.2 Å². The van der Waals surface area contributed by atoms with E-state index in [1.54, 1.807) is 12.2 Å². The molecule has 0 radical (unpaired) electrons. The molecule has 1 aromatic heterocycles. The van der Waals surface area contributed by atoms with Gasteiger partial charge in [0.25, 0.3) is 5.91 Å². The van der Waals surface area contributed by atoms with Gasteiger partial charge in [-0.1, -0.05) is 85.0 Å². The zero-order valence-corrected chi connectivity index (χ0v) is 19.7. The van der Waals surface area contributed by atoms with Crippen molar-refractivity contribution in [2.45, 2.75) is 6.92 Å². The molecule has 6 heteroatoms. The van der Waals surface area contributed by atoms with Gasteiger partial charge in [-0.2, -0.15) is 15.2 Å². The van der Waals surface area contributed by atoms with E-state index in [2.05, 4.69) is 10.2 Å². The lowest BCUT2D eigenvalue weighted by atomic mass is 10.1. The lowest BCUT2D eigenvalue weighted by molar-refractivity contribution is -0.114. The van der Waals surface area contributed by atoms with Crippen LogP contribution in [0.4, 0.5) is 5.69 Å². The monoisotopic (exact) mass is 472 g/mol. The van der Waals surface area contributed by atoms with Crippen LogP contribution in [0.25, 0.3) is 23.0 Å². The van der Waals surface area contributed by atoms with Gasteiger partial charge in [0.2, 0.25) is 5.88 Å². The van der Waals surface area contributed by atoms with E-state index in [1.165, 1.54) is 9.69 Å². The highest BCUT2D eigenvalue weighted by Gasteiger charge is 2.27. The van der Waals surface area contributed by atoms with Gasteiger partial charge in [-0.15, -0.1) is 0 Å². The van der Waals surface area contributed by atoms with Crippen LogP contribution in [0, 0.1) is 0 Å². The lowest BCUT2D eigenvalue weighted by Gasteiger charge is -2.10. The molecule has 1 amide bonds. The Balaban J connectivity index is 1.41. The summed E-state index contributed by atoms with van der Waals surface area (Å²) in [6.45, 7) is 1.82. The van der Waals surface area contributed by atoms with Crippen LogP contribution in [0.2, 0.25) is 0 Å². The van der Waals surface area contributed by atoms with Gasteiger partial charge in [0.15, 0.2) is 0 Å². The molecule has 36 heavy (non-hydrogen) atoms. The Morgan fingerprint density at radius 3 is 2.06 bits per heavy atom. The zero-order valence-electron chi connectivity index (χ0n) is 19.7. The number of hydrogen-bond acceptors (Lipinski definition) is 4. The normalized spacial score (nSPS) is 14.9. The summed E-state index contributed by atoms with van der Waals surface area (Å²) in [5.41, 5.74) is 4.87. The highest BCUT2D eigenvalue weighted by atomic mass is 16.3. The third-order valence-corrected chi connectivity index (χ3v) is 5.76. The molecule has 6 nitrogen and oxygen atoms in total. The van der Waals surface area contributed by atoms with E-state index < -0.39 is 0 Å². The van der Waals surface area contributed by atoms with Gasteiger partial charge >= 0.3 is 0 Å². The van der Waals surface area contributed by atoms with Crippen molar-refractivity contribution in [3.63, 3.8) is 0 Å². The van der Waals surface area contributed by atoms with Gasteiger partial charge in [0.1, 0.15) is 5.69 Å². The fourth-order valence-corrected chi connectivity index (χ4v) is 3.96. The summed E-state index contributed by atoms with van der Waals surface area (Å²) in [5.74, 6) is -0.115. The van der Waals surface area contributed by atoms with Crippen molar-refractivity contribution in [2.75, 3.05) is 5.01 Å². The van der Waals surface area contributed by atoms with Gasteiger partial charge < -0.3 is 5.11 Å². The van der Waals surface area contributed by atoms with Crippen LogP contribution >= 0.6 is 0 Å². The Morgan fingerprint density at radius 2 is 1.39 bits per heavy atom. The fourth-order valence-electron chi connectivity index (χ4n) is 3.96. The zero-order chi connectivity index (χ0) is 24.9. The second-order valence-electron chi connectivity index (χ2n) is 8.16. The number of nitrogens with zero attached hydrogens (tertiary/aromatic N) is 4. The predicted octanol–water partition coefficient (Wildman–Crippen LogP) is 6.16. The van der Waals surface area contributed by atoms with Crippen molar-refractivity contribution >= 4 is 23.4 Å². The van der Waals surface area contributed by atoms with E-state index in [9.17, 15) is 9.90 Å². The van der Waals surface area contributed by atoms with Crippen LogP contribution in [0.15, 0.2) is 126 Å². The van der Waals surface area contributed by atoms with Gasteiger partial charge in [-0.05, 0) is 43.3 Å². The van der Waals surface area contributed by atoms with E-state index >= 15 is 0 Å². The molecule has 0 spiro atoms. The van der Waals surface area contributed by atoms with Crippen LogP contribution in [0.5, 0.6) is 5.88 Å². The first-order chi connectivity index (χ1) is 17.6. The molecular formula is C30H24N4O2. The van der Waals surface area contributed by atoms with Crippen LogP contribution in [-0.4, -0.2) is 26.5 Å². The number of hydrazone groups is 1. The van der Waals surface area contributed by atoms with Gasteiger partial charge in [-0.3, -0.25) is 4.79 Å². The highest BCUT2D eigenvalue weighted by Crippen LogP contribution is 2.33. The van der Waals surface area contributed by atoms with Crippen molar-refractivity contribution in [1.29, 1.82) is 0 Å². The quantitative estimate of drug-likeness (QED) is 0.270. The van der Waals surface area contributed by atoms with Crippen LogP contribution in [-0.2, 0) is 4.79 Å². The lowest BCUT2D eigenvalue weighted by Crippen LogP contribution is -2.21. The third-order valence-electron chi connectivity index (χ3n) is 5.76. The predicted molar refractivity (Wildman–Crippen MR) is 144 cm³/mol. The van der Waals surface area contributed by atoms with Gasteiger partial charge in [0, 0.05) is 5.56 Å². The summed E-state index contributed by atoms with van der Waals surface area (Å²) in [4.78, 5) is 12.8. The number of carbonyl (C=O) groups is 1. The number of para-hydroxylation sites is 2. The molecule has 0 saturated carbocycles. The molecule has 0 fully saturated rings. The molecule has 3 aromatic carbocycles. The summed E-state index contributed by atoms with van der Waals surface area (Å²) in [6, 6.07) is 28.6. The molecule has 1 N–H and O–H groups in total. The minimum atomic E-state index is -0.166. The number of carbonyl (C=O) groups excluding carboxylic acids is 1. The van der Waals surface area contributed by atoms with E-state index in [0.29, 0.717) is 22.5 Å². The maximum Gasteiger partial charge on any atom is 0.280 e. The minimum absolute atomic E-state index is 0.0514. The Kier molecular flexibility index (Phi) is 6.40. The molecule has 0 saturated heterocycles. The van der Waals surface area contributed by atoms with Crippen molar-refractivity contribution < 1.29 is 9.90 Å². The topological polar surface area (TPSA) is 70.7 Å². The van der Waals surface area contributed by atoms with Crippen LogP contribution in [0.1, 0.15) is 12.5 Å². The maximum absolute atomic E-state index is 12.8. The Morgan fingerprint density at radius 1 is 0.778 bits per heavy atom. The molecule has 5 rings (SSSR count). The number of aromatic hydroxyl groups is 1. The minimum Gasteiger partial charge on any atom is -0.493 e. The third kappa shape index (κ3) is 4.52. The second-order valence-corrected chi connectivity index (χ2v) is 8.16. The molecule has 176 valence electrons. The average Bonchev–Trinajstić information content (AvgIpc) is 3.40. The molecule has 0 unspecified atom stereocenters.